The highest BCUT2D eigenvalue weighted by molar-refractivity contribution is 6.00. The van der Waals surface area contributed by atoms with Crippen molar-refractivity contribution in [3.8, 4) is 0 Å². The van der Waals surface area contributed by atoms with Crippen LogP contribution in [0.2, 0.25) is 0 Å². The molecule has 1 aliphatic rings. The second-order valence-corrected chi connectivity index (χ2v) is 6.22. The number of carbonyl (C=O) groups excluding carboxylic acids is 2. The number of methoxy groups -OCH3 is 2. The van der Waals surface area contributed by atoms with Crippen LogP contribution in [0, 0.1) is 10.1 Å². The summed E-state index contributed by atoms with van der Waals surface area (Å²) in [6.07, 6.45) is 0.964. The zero-order valence-corrected chi connectivity index (χ0v) is 16.6. The van der Waals surface area contributed by atoms with Crippen LogP contribution in [-0.2, 0) is 19.1 Å². The lowest BCUT2D eigenvalue weighted by molar-refractivity contribution is -0.385. The summed E-state index contributed by atoms with van der Waals surface area (Å²) in [7, 11) is 4.26. The van der Waals surface area contributed by atoms with Gasteiger partial charge in [0.2, 0.25) is 0 Å². The van der Waals surface area contributed by atoms with Gasteiger partial charge in [0, 0.05) is 30.1 Å². The summed E-state index contributed by atoms with van der Waals surface area (Å²) in [6, 6.07) is 6.10. The van der Waals surface area contributed by atoms with Gasteiger partial charge in [-0.25, -0.2) is 9.59 Å². The molecule has 0 saturated carbocycles. The van der Waals surface area contributed by atoms with Gasteiger partial charge in [0.05, 0.1) is 36.2 Å². The number of nitro groups is 1. The number of nitrogens with zero attached hydrogens (tertiary/aromatic N) is 2. The molecule has 0 aliphatic carbocycles. The van der Waals surface area contributed by atoms with Crippen molar-refractivity contribution in [2.75, 3.05) is 21.3 Å². The van der Waals surface area contributed by atoms with Gasteiger partial charge in [0.25, 0.3) is 5.69 Å². The number of hydrogen-bond donors (Lipinski definition) is 0. The molecule has 0 bridgehead atoms. The van der Waals surface area contributed by atoms with Crippen LogP contribution >= 0.6 is 0 Å². The molecule has 1 heterocycles. The van der Waals surface area contributed by atoms with Crippen molar-refractivity contribution in [2.24, 2.45) is 0 Å². The molecule has 0 spiro atoms. The minimum atomic E-state index is -0.956. The van der Waals surface area contributed by atoms with E-state index in [0.717, 1.165) is 0 Å². The Balaban J connectivity index is 2.95. The van der Waals surface area contributed by atoms with Crippen LogP contribution in [0.25, 0.3) is 0 Å². The molecular formula is C20H24N2O6. The number of para-hydroxylation sites is 1. The molecule has 0 aromatic heterocycles. The average Bonchev–Trinajstić information content (AvgIpc) is 2.71. The van der Waals surface area contributed by atoms with Gasteiger partial charge in [-0.2, -0.15) is 0 Å². The fourth-order valence-electron chi connectivity index (χ4n) is 3.76. The minimum Gasteiger partial charge on any atom is -0.466 e. The second-order valence-electron chi connectivity index (χ2n) is 6.22. The zero-order valence-electron chi connectivity index (χ0n) is 16.6. The molecule has 1 aliphatic heterocycles. The maximum atomic E-state index is 12.7. The number of nitro benzene ring substituents is 1. The third-order valence-corrected chi connectivity index (χ3v) is 4.93. The number of carbonyl (C=O) groups is 2. The molecule has 8 nitrogen and oxygen atoms in total. The van der Waals surface area contributed by atoms with Crippen molar-refractivity contribution in [2.45, 2.75) is 32.6 Å². The van der Waals surface area contributed by atoms with Crippen LogP contribution in [0.4, 0.5) is 5.69 Å². The smallest absolute Gasteiger partial charge is 0.336 e. The van der Waals surface area contributed by atoms with Crippen molar-refractivity contribution in [3.05, 3.63) is 62.5 Å². The van der Waals surface area contributed by atoms with E-state index < -0.39 is 22.8 Å². The molecule has 0 unspecified atom stereocenters. The first-order valence-corrected chi connectivity index (χ1v) is 8.93. The van der Waals surface area contributed by atoms with Crippen LogP contribution in [-0.4, -0.2) is 43.0 Å². The Kier molecular flexibility index (Phi) is 6.56. The van der Waals surface area contributed by atoms with E-state index in [1.165, 1.54) is 20.3 Å². The Morgan fingerprint density at radius 3 is 1.89 bits per heavy atom. The molecule has 0 saturated heterocycles. The standard InChI is InChI=1S/C20H24N2O6/c1-6-13-17(19(23)27-4)16(12-10-8-9-11-15(12)22(25)26)18(20(24)28-5)14(7-2)21(13)3/h8-11,16H,6-7H2,1-5H3. The van der Waals surface area contributed by atoms with Crippen molar-refractivity contribution >= 4 is 17.6 Å². The van der Waals surface area contributed by atoms with E-state index in [4.69, 9.17) is 9.47 Å². The number of ether oxygens (including phenoxy) is 2. The predicted octanol–water partition coefficient (Wildman–Crippen LogP) is 3.30. The van der Waals surface area contributed by atoms with Gasteiger partial charge >= 0.3 is 11.9 Å². The Labute approximate surface area is 163 Å². The van der Waals surface area contributed by atoms with Crippen LogP contribution in [0.3, 0.4) is 0 Å². The van der Waals surface area contributed by atoms with Crippen LogP contribution < -0.4 is 0 Å². The maximum absolute atomic E-state index is 12.7. The number of rotatable bonds is 6. The highest BCUT2D eigenvalue weighted by Gasteiger charge is 2.43. The van der Waals surface area contributed by atoms with Crippen molar-refractivity contribution in [1.82, 2.24) is 4.90 Å². The number of allylic oxidation sites excluding steroid dienone is 2. The fourth-order valence-corrected chi connectivity index (χ4v) is 3.76. The molecule has 0 N–H and O–H groups in total. The second kappa shape index (κ2) is 8.69. The SMILES string of the molecule is CCC1=C(C(=O)OC)C(c2ccccc2[N+](=O)[O-])C(C(=O)OC)=C(CC)N1C. The molecule has 1 aromatic carbocycles. The molecular weight excluding hydrogens is 364 g/mol. The molecule has 28 heavy (non-hydrogen) atoms. The lowest BCUT2D eigenvalue weighted by Gasteiger charge is -2.37. The van der Waals surface area contributed by atoms with Gasteiger partial charge in [-0.05, 0) is 12.8 Å². The molecule has 0 fully saturated rings. The van der Waals surface area contributed by atoms with Gasteiger partial charge in [-0.3, -0.25) is 10.1 Å². The molecule has 1 aromatic rings. The van der Waals surface area contributed by atoms with Crippen molar-refractivity contribution in [1.29, 1.82) is 0 Å². The molecule has 150 valence electrons. The Morgan fingerprint density at radius 1 is 1.04 bits per heavy atom. The van der Waals surface area contributed by atoms with E-state index in [1.54, 1.807) is 30.1 Å². The van der Waals surface area contributed by atoms with E-state index in [9.17, 15) is 19.7 Å². The lowest BCUT2D eigenvalue weighted by atomic mass is 9.78. The van der Waals surface area contributed by atoms with E-state index in [1.807, 2.05) is 13.8 Å². The maximum Gasteiger partial charge on any atom is 0.336 e. The lowest BCUT2D eigenvalue weighted by Crippen LogP contribution is -2.34. The molecule has 2 rings (SSSR count). The summed E-state index contributed by atoms with van der Waals surface area (Å²) in [4.78, 5) is 38.4. The minimum absolute atomic E-state index is 0.175. The predicted molar refractivity (Wildman–Crippen MR) is 102 cm³/mol. The summed E-state index contributed by atoms with van der Waals surface area (Å²) < 4.78 is 9.97. The van der Waals surface area contributed by atoms with Gasteiger partial charge in [-0.15, -0.1) is 0 Å². The summed E-state index contributed by atoms with van der Waals surface area (Å²) in [6.45, 7) is 3.75. The Bertz CT molecular complexity index is 829. The normalized spacial score (nSPS) is 15.0. The summed E-state index contributed by atoms with van der Waals surface area (Å²) in [5.41, 5.74) is 1.79. The van der Waals surface area contributed by atoms with Crippen LogP contribution in [0.15, 0.2) is 46.8 Å². The van der Waals surface area contributed by atoms with Crippen LogP contribution in [0.5, 0.6) is 0 Å². The van der Waals surface area contributed by atoms with Gasteiger partial charge in [-0.1, -0.05) is 32.0 Å². The first-order valence-electron chi connectivity index (χ1n) is 8.93. The van der Waals surface area contributed by atoms with E-state index >= 15 is 0 Å². The first kappa shape index (κ1) is 21.1. The van der Waals surface area contributed by atoms with Crippen LogP contribution in [0.1, 0.15) is 38.2 Å². The molecule has 0 amide bonds. The van der Waals surface area contributed by atoms with Crippen molar-refractivity contribution in [3.63, 3.8) is 0 Å². The quantitative estimate of drug-likeness (QED) is 0.419. The van der Waals surface area contributed by atoms with E-state index in [0.29, 0.717) is 24.2 Å². The average molecular weight is 388 g/mol. The topological polar surface area (TPSA) is 99.0 Å². The fraction of sp³-hybridized carbons (Fsp3) is 0.400. The van der Waals surface area contributed by atoms with Gasteiger partial charge in [0.15, 0.2) is 0 Å². The highest BCUT2D eigenvalue weighted by atomic mass is 16.6. The van der Waals surface area contributed by atoms with E-state index in [2.05, 4.69) is 0 Å². The summed E-state index contributed by atoms with van der Waals surface area (Å²) in [5, 5.41) is 11.7. The first-order chi connectivity index (χ1) is 13.3. The molecule has 0 radical (unpaired) electrons. The third kappa shape index (κ3) is 3.49. The van der Waals surface area contributed by atoms with Gasteiger partial charge < -0.3 is 14.4 Å². The third-order valence-electron chi connectivity index (χ3n) is 4.93. The largest absolute Gasteiger partial charge is 0.466 e. The zero-order chi connectivity index (χ0) is 21.0. The molecule has 0 atom stereocenters. The summed E-state index contributed by atoms with van der Waals surface area (Å²) >= 11 is 0. The Morgan fingerprint density at radius 2 is 1.50 bits per heavy atom. The van der Waals surface area contributed by atoms with E-state index in [-0.39, 0.29) is 22.4 Å². The Hall–Kier alpha value is -3.16. The summed E-state index contributed by atoms with van der Waals surface area (Å²) in [5.74, 6) is -2.23. The van der Waals surface area contributed by atoms with Crippen molar-refractivity contribution < 1.29 is 24.0 Å². The molecule has 8 heteroatoms. The van der Waals surface area contributed by atoms with Gasteiger partial charge in [0.1, 0.15) is 0 Å². The monoisotopic (exact) mass is 388 g/mol. The number of esters is 2. The number of benzene rings is 1. The highest BCUT2D eigenvalue weighted by Crippen LogP contribution is 2.46. The number of hydrogen-bond acceptors (Lipinski definition) is 7.